The summed E-state index contributed by atoms with van der Waals surface area (Å²) in [6.07, 6.45) is 1.02. The second-order valence-corrected chi connectivity index (χ2v) is 7.50. The molecule has 2 aromatic carbocycles. The molecule has 0 aliphatic carbocycles. The Morgan fingerprint density at radius 2 is 1.81 bits per heavy atom. The first-order valence-corrected chi connectivity index (χ1v) is 9.92. The van der Waals surface area contributed by atoms with Gasteiger partial charge < -0.3 is 14.8 Å². The number of carbonyl (C=O) groups excluding carboxylic acids is 1. The summed E-state index contributed by atoms with van der Waals surface area (Å²) in [5.74, 6) is -0.0466. The fourth-order valence-corrected chi connectivity index (χ4v) is 3.15. The highest BCUT2D eigenvalue weighted by atomic mass is 32.2. The van der Waals surface area contributed by atoms with Gasteiger partial charge in [0.2, 0.25) is 15.9 Å². The van der Waals surface area contributed by atoms with Crippen molar-refractivity contribution >= 4 is 21.6 Å². The van der Waals surface area contributed by atoms with Gasteiger partial charge in [0.1, 0.15) is 30.5 Å². The maximum atomic E-state index is 12.8. The van der Waals surface area contributed by atoms with E-state index in [4.69, 9.17) is 9.47 Å². The van der Waals surface area contributed by atoms with Crippen LogP contribution in [-0.2, 0) is 14.8 Å². The maximum absolute atomic E-state index is 12.8. The largest absolute Gasteiger partial charge is 0.495 e. The number of nitrogens with one attached hydrogen (secondary N) is 1. The molecule has 0 aromatic heterocycles. The number of halogens is 1. The van der Waals surface area contributed by atoms with Crippen molar-refractivity contribution in [1.82, 2.24) is 5.32 Å². The predicted molar refractivity (Wildman–Crippen MR) is 100 cm³/mol. The van der Waals surface area contributed by atoms with E-state index in [0.29, 0.717) is 11.5 Å². The zero-order chi connectivity index (χ0) is 19.9. The molecular formula is C18H21FN2O5S. The van der Waals surface area contributed by atoms with Crippen LogP contribution in [0.3, 0.4) is 0 Å². The van der Waals surface area contributed by atoms with Gasteiger partial charge in [-0.3, -0.25) is 9.10 Å². The fourth-order valence-electron chi connectivity index (χ4n) is 2.29. The summed E-state index contributed by atoms with van der Waals surface area (Å²) < 4.78 is 48.6. The number of nitrogens with zero attached hydrogens (tertiary/aromatic N) is 1. The minimum atomic E-state index is -3.70. The van der Waals surface area contributed by atoms with E-state index in [1.165, 1.54) is 31.4 Å². The minimum absolute atomic E-state index is 0.158. The average molecular weight is 396 g/mol. The summed E-state index contributed by atoms with van der Waals surface area (Å²) in [7, 11) is -2.27. The fraction of sp³-hybridized carbons (Fsp3) is 0.278. The van der Waals surface area contributed by atoms with E-state index in [2.05, 4.69) is 5.32 Å². The summed E-state index contributed by atoms with van der Waals surface area (Å²) in [5.41, 5.74) is 0.278. The Morgan fingerprint density at radius 1 is 1.15 bits per heavy atom. The van der Waals surface area contributed by atoms with Crippen molar-refractivity contribution in [3.8, 4) is 11.5 Å². The lowest BCUT2D eigenvalue weighted by molar-refractivity contribution is -0.119. The number of methoxy groups -OCH3 is 1. The van der Waals surface area contributed by atoms with Gasteiger partial charge in [0.05, 0.1) is 25.6 Å². The molecule has 0 atom stereocenters. The third-order valence-electron chi connectivity index (χ3n) is 3.55. The van der Waals surface area contributed by atoms with Gasteiger partial charge in [-0.1, -0.05) is 12.1 Å². The van der Waals surface area contributed by atoms with Crippen molar-refractivity contribution in [2.45, 2.75) is 0 Å². The molecule has 0 saturated heterocycles. The van der Waals surface area contributed by atoms with Gasteiger partial charge in [-0.2, -0.15) is 0 Å². The first-order chi connectivity index (χ1) is 12.8. The molecule has 1 amide bonds. The van der Waals surface area contributed by atoms with Gasteiger partial charge in [0.15, 0.2) is 0 Å². The SMILES string of the molecule is COc1ccccc1N(CC(=O)NCCOc1ccc(F)cc1)S(C)(=O)=O. The van der Waals surface area contributed by atoms with E-state index in [0.717, 1.165) is 10.6 Å². The highest BCUT2D eigenvalue weighted by molar-refractivity contribution is 7.92. The average Bonchev–Trinajstić information content (AvgIpc) is 2.64. The Labute approximate surface area is 157 Å². The van der Waals surface area contributed by atoms with E-state index in [-0.39, 0.29) is 24.7 Å². The molecule has 27 heavy (non-hydrogen) atoms. The molecule has 9 heteroatoms. The van der Waals surface area contributed by atoms with E-state index in [9.17, 15) is 17.6 Å². The van der Waals surface area contributed by atoms with Crippen LogP contribution < -0.4 is 19.1 Å². The molecular weight excluding hydrogens is 375 g/mol. The summed E-state index contributed by atoms with van der Waals surface area (Å²) in [4.78, 5) is 12.2. The minimum Gasteiger partial charge on any atom is -0.495 e. The number of rotatable bonds is 9. The van der Waals surface area contributed by atoms with Gasteiger partial charge in [0.25, 0.3) is 0 Å². The van der Waals surface area contributed by atoms with Gasteiger partial charge in [-0.15, -0.1) is 0 Å². The van der Waals surface area contributed by atoms with Crippen LogP contribution >= 0.6 is 0 Å². The summed E-state index contributed by atoms with van der Waals surface area (Å²) in [6.45, 7) is -0.0691. The molecule has 0 saturated carbocycles. The maximum Gasteiger partial charge on any atom is 0.240 e. The monoisotopic (exact) mass is 396 g/mol. The molecule has 0 aliphatic heterocycles. The van der Waals surface area contributed by atoms with Crippen molar-refractivity contribution in [1.29, 1.82) is 0 Å². The number of para-hydroxylation sites is 2. The van der Waals surface area contributed by atoms with E-state index >= 15 is 0 Å². The molecule has 1 N–H and O–H groups in total. The summed E-state index contributed by atoms with van der Waals surface area (Å²) in [6, 6.07) is 12.0. The molecule has 0 unspecified atom stereocenters. The molecule has 2 rings (SSSR count). The lowest BCUT2D eigenvalue weighted by atomic mass is 10.3. The van der Waals surface area contributed by atoms with Crippen LogP contribution in [0.4, 0.5) is 10.1 Å². The quantitative estimate of drug-likeness (QED) is 0.654. The number of sulfonamides is 1. The van der Waals surface area contributed by atoms with Crippen LogP contribution in [0.5, 0.6) is 11.5 Å². The van der Waals surface area contributed by atoms with Crippen LogP contribution in [0.1, 0.15) is 0 Å². The van der Waals surface area contributed by atoms with Crippen LogP contribution in [0.2, 0.25) is 0 Å². The Morgan fingerprint density at radius 3 is 2.44 bits per heavy atom. The van der Waals surface area contributed by atoms with Crippen LogP contribution in [-0.4, -0.2) is 47.4 Å². The highest BCUT2D eigenvalue weighted by Crippen LogP contribution is 2.29. The zero-order valence-electron chi connectivity index (χ0n) is 15.0. The Kier molecular flexibility index (Phi) is 7.00. The van der Waals surface area contributed by atoms with E-state index in [1.807, 2.05) is 0 Å². The number of hydrogen-bond acceptors (Lipinski definition) is 5. The third kappa shape index (κ3) is 6.14. The van der Waals surface area contributed by atoms with Gasteiger partial charge in [0, 0.05) is 0 Å². The number of ether oxygens (including phenoxy) is 2. The normalized spacial score (nSPS) is 10.9. The van der Waals surface area contributed by atoms with Crippen molar-refractivity contribution in [3.05, 3.63) is 54.3 Å². The molecule has 2 aromatic rings. The van der Waals surface area contributed by atoms with Crippen molar-refractivity contribution in [2.75, 3.05) is 37.4 Å². The van der Waals surface area contributed by atoms with Crippen LogP contribution in [0.15, 0.2) is 48.5 Å². The Hall–Kier alpha value is -2.81. The molecule has 7 nitrogen and oxygen atoms in total. The van der Waals surface area contributed by atoms with E-state index < -0.39 is 22.5 Å². The number of anilines is 1. The molecule has 0 fully saturated rings. The topological polar surface area (TPSA) is 84.9 Å². The number of benzene rings is 2. The smallest absolute Gasteiger partial charge is 0.240 e. The number of amides is 1. The van der Waals surface area contributed by atoms with Gasteiger partial charge in [-0.05, 0) is 36.4 Å². The molecule has 146 valence electrons. The number of carbonyl (C=O) groups is 1. The second-order valence-electron chi connectivity index (χ2n) is 5.59. The lowest BCUT2D eigenvalue weighted by Gasteiger charge is -2.23. The Bertz CT molecular complexity index is 872. The van der Waals surface area contributed by atoms with Crippen LogP contribution in [0, 0.1) is 5.82 Å². The summed E-state index contributed by atoms with van der Waals surface area (Å²) >= 11 is 0. The molecule has 0 heterocycles. The predicted octanol–water partition coefficient (Wildman–Crippen LogP) is 1.80. The van der Waals surface area contributed by atoms with Gasteiger partial charge in [-0.25, -0.2) is 12.8 Å². The van der Waals surface area contributed by atoms with Crippen molar-refractivity contribution in [3.63, 3.8) is 0 Å². The second kappa shape index (κ2) is 9.22. The summed E-state index contributed by atoms with van der Waals surface area (Å²) in [5, 5.41) is 2.59. The highest BCUT2D eigenvalue weighted by Gasteiger charge is 2.23. The molecule has 0 radical (unpaired) electrons. The van der Waals surface area contributed by atoms with Gasteiger partial charge >= 0.3 is 0 Å². The Balaban J connectivity index is 1.93. The third-order valence-corrected chi connectivity index (χ3v) is 4.67. The first-order valence-electron chi connectivity index (χ1n) is 8.07. The standard InChI is InChI=1S/C18H21FN2O5S/c1-25-17-6-4-3-5-16(17)21(27(2,23)24)13-18(22)20-11-12-26-15-9-7-14(19)8-10-15/h3-10H,11-13H2,1-2H3,(H,20,22). The number of hydrogen-bond donors (Lipinski definition) is 1. The zero-order valence-corrected chi connectivity index (χ0v) is 15.8. The van der Waals surface area contributed by atoms with Crippen molar-refractivity contribution in [2.24, 2.45) is 0 Å². The lowest BCUT2D eigenvalue weighted by Crippen LogP contribution is -2.41. The van der Waals surface area contributed by atoms with Crippen LogP contribution in [0.25, 0.3) is 0 Å². The van der Waals surface area contributed by atoms with E-state index in [1.54, 1.807) is 24.3 Å². The molecule has 0 bridgehead atoms. The van der Waals surface area contributed by atoms with Crippen molar-refractivity contribution < 1.29 is 27.1 Å². The molecule has 0 aliphatic rings. The first kappa shape index (κ1) is 20.5. The molecule has 0 spiro atoms.